The zero-order valence-corrected chi connectivity index (χ0v) is 22.4. The smallest absolute Gasteiger partial charge is 0.293 e. The van der Waals surface area contributed by atoms with E-state index in [1.54, 1.807) is 18.2 Å². The Hall–Kier alpha value is -1.94. The van der Waals surface area contributed by atoms with E-state index in [4.69, 9.17) is 4.74 Å². The second-order valence-corrected chi connectivity index (χ2v) is 10.6. The first-order valence-corrected chi connectivity index (χ1v) is 12.9. The molecule has 3 aromatic rings. The Balaban J connectivity index is 1.50. The van der Waals surface area contributed by atoms with Crippen molar-refractivity contribution >= 4 is 76.8 Å². The zero-order valence-electron chi connectivity index (χ0n) is 16.9. The van der Waals surface area contributed by atoms with Crippen LogP contribution in [0.15, 0.2) is 79.0 Å². The Morgan fingerprint density at radius 3 is 2.27 bits per heavy atom. The fraction of sp³-hybridized carbons (Fsp3) is 0.0833. The van der Waals surface area contributed by atoms with Gasteiger partial charge in [-0.3, -0.25) is 14.5 Å². The number of thioether (sulfide) groups is 1. The van der Waals surface area contributed by atoms with E-state index in [2.05, 4.69) is 47.8 Å². The van der Waals surface area contributed by atoms with Gasteiger partial charge in [-0.1, -0.05) is 46.3 Å². The standard InChI is InChI=1S/C24H15Br3FNO3S/c25-18-4-2-1-3-16(18)12-29-23(30)21(33-24(29)31)11-15-9-19(26)22(20(27)10-15)32-13-14-5-7-17(28)8-6-14/h1-11H,12-13H2/b21-11-. The molecule has 4 nitrogen and oxygen atoms in total. The Kier molecular flexibility index (Phi) is 7.73. The van der Waals surface area contributed by atoms with Gasteiger partial charge in [0, 0.05) is 4.47 Å². The highest BCUT2D eigenvalue weighted by molar-refractivity contribution is 9.11. The van der Waals surface area contributed by atoms with E-state index < -0.39 is 0 Å². The normalized spacial score (nSPS) is 14.9. The molecule has 9 heteroatoms. The summed E-state index contributed by atoms with van der Waals surface area (Å²) in [5.41, 5.74) is 2.42. The minimum atomic E-state index is -0.329. The highest BCUT2D eigenvalue weighted by atomic mass is 79.9. The molecule has 0 bridgehead atoms. The fourth-order valence-corrected chi connectivity index (χ4v) is 5.82. The molecule has 1 aliphatic heterocycles. The number of nitrogens with zero attached hydrogens (tertiary/aromatic N) is 1. The molecular weight excluding hydrogens is 641 g/mol. The Morgan fingerprint density at radius 1 is 0.939 bits per heavy atom. The molecular formula is C24H15Br3FNO3S. The summed E-state index contributed by atoms with van der Waals surface area (Å²) in [4.78, 5) is 27.0. The Labute approximate surface area is 219 Å². The molecule has 0 unspecified atom stereocenters. The van der Waals surface area contributed by atoms with Crippen LogP contribution in [0.3, 0.4) is 0 Å². The van der Waals surface area contributed by atoms with Crippen LogP contribution in [0.4, 0.5) is 9.18 Å². The van der Waals surface area contributed by atoms with Crippen LogP contribution < -0.4 is 4.74 Å². The molecule has 33 heavy (non-hydrogen) atoms. The highest BCUT2D eigenvalue weighted by Crippen LogP contribution is 2.38. The third kappa shape index (κ3) is 5.77. The van der Waals surface area contributed by atoms with Crippen molar-refractivity contribution in [2.24, 2.45) is 0 Å². The molecule has 4 rings (SSSR count). The lowest BCUT2D eigenvalue weighted by Crippen LogP contribution is -2.27. The molecule has 0 saturated carbocycles. The van der Waals surface area contributed by atoms with Crippen molar-refractivity contribution in [3.8, 4) is 5.75 Å². The summed E-state index contributed by atoms with van der Waals surface area (Å²) in [7, 11) is 0. The lowest BCUT2D eigenvalue weighted by atomic mass is 10.2. The summed E-state index contributed by atoms with van der Waals surface area (Å²) in [5, 5.41) is -0.306. The summed E-state index contributed by atoms with van der Waals surface area (Å²) in [6, 6.07) is 17.2. The molecule has 1 fully saturated rings. The van der Waals surface area contributed by atoms with Crippen molar-refractivity contribution in [3.05, 3.63) is 101 Å². The van der Waals surface area contributed by atoms with E-state index in [0.717, 1.165) is 32.9 Å². The van der Waals surface area contributed by atoms with E-state index in [0.29, 0.717) is 19.6 Å². The maximum Gasteiger partial charge on any atom is 0.293 e. The predicted octanol–water partition coefficient (Wildman–Crippen LogP) is 7.93. The molecule has 0 radical (unpaired) electrons. The molecule has 0 N–H and O–H groups in total. The van der Waals surface area contributed by atoms with Gasteiger partial charge in [0.05, 0.1) is 20.4 Å². The summed E-state index contributed by atoms with van der Waals surface area (Å²) in [6.07, 6.45) is 1.68. The maximum atomic E-state index is 13.1. The van der Waals surface area contributed by atoms with Gasteiger partial charge in [-0.15, -0.1) is 0 Å². The largest absolute Gasteiger partial charge is 0.487 e. The minimum absolute atomic E-state index is 0.201. The van der Waals surface area contributed by atoms with Gasteiger partial charge in [0.2, 0.25) is 0 Å². The molecule has 1 aliphatic rings. The van der Waals surface area contributed by atoms with Crippen LogP contribution in [-0.2, 0) is 17.9 Å². The second-order valence-electron chi connectivity index (χ2n) is 7.09. The predicted molar refractivity (Wildman–Crippen MR) is 138 cm³/mol. The molecule has 168 valence electrons. The van der Waals surface area contributed by atoms with Crippen LogP contribution in [0.1, 0.15) is 16.7 Å². The molecule has 1 saturated heterocycles. The van der Waals surface area contributed by atoms with Crippen molar-refractivity contribution in [1.29, 1.82) is 0 Å². The number of hydrogen-bond acceptors (Lipinski definition) is 4. The van der Waals surface area contributed by atoms with Crippen molar-refractivity contribution in [2.45, 2.75) is 13.2 Å². The zero-order chi connectivity index (χ0) is 23.5. The van der Waals surface area contributed by atoms with Crippen LogP contribution in [0.2, 0.25) is 0 Å². The number of rotatable bonds is 6. The van der Waals surface area contributed by atoms with Gasteiger partial charge in [-0.05, 0) is 96.7 Å². The number of hydrogen-bond donors (Lipinski definition) is 0. The number of carbonyl (C=O) groups excluding carboxylic acids is 2. The SMILES string of the molecule is O=C1S/C(=C\c2cc(Br)c(OCc3ccc(F)cc3)c(Br)c2)C(=O)N1Cc1ccccc1Br. The fourth-order valence-electron chi connectivity index (χ4n) is 3.12. The monoisotopic (exact) mass is 653 g/mol. The number of benzene rings is 3. The number of halogens is 4. The summed E-state index contributed by atoms with van der Waals surface area (Å²) in [5.74, 6) is -0.0468. The van der Waals surface area contributed by atoms with Crippen LogP contribution >= 0.6 is 59.6 Å². The number of ether oxygens (including phenoxy) is 1. The van der Waals surface area contributed by atoms with Crippen LogP contribution in [0.5, 0.6) is 5.75 Å². The van der Waals surface area contributed by atoms with Gasteiger partial charge < -0.3 is 4.74 Å². The van der Waals surface area contributed by atoms with Crippen LogP contribution in [-0.4, -0.2) is 16.0 Å². The molecule has 2 amide bonds. The van der Waals surface area contributed by atoms with E-state index in [1.165, 1.54) is 17.0 Å². The summed E-state index contributed by atoms with van der Waals surface area (Å²) in [6.45, 7) is 0.470. The van der Waals surface area contributed by atoms with E-state index in [-0.39, 0.29) is 30.1 Å². The van der Waals surface area contributed by atoms with Crippen molar-refractivity contribution in [1.82, 2.24) is 4.90 Å². The average Bonchev–Trinajstić information content (AvgIpc) is 3.03. The number of imide groups is 1. The van der Waals surface area contributed by atoms with Crippen molar-refractivity contribution in [3.63, 3.8) is 0 Å². The van der Waals surface area contributed by atoms with Gasteiger partial charge in [0.15, 0.2) is 0 Å². The van der Waals surface area contributed by atoms with E-state index >= 15 is 0 Å². The lowest BCUT2D eigenvalue weighted by Gasteiger charge is -2.13. The topological polar surface area (TPSA) is 46.6 Å². The summed E-state index contributed by atoms with van der Waals surface area (Å²) < 4.78 is 21.2. The van der Waals surface area contributed by atoms with Gasteiger partial charge in [0.1, 0.15) is 18.2 Å². The number of carbonyl (C=O) groups is 2. The molecule has 0 aromatic heterocycles. The van der Waals surface area contributed by atoms with Gasteiger partial charge >= 0.3 is 0 Å². The first-order chi connectivity index (χ1) is 15.8. The van der Waals surface area contributed by atoms with E-state index in [9.17, 15) is 14.0 Å². The third-order valence-electron chi connectivity index (χ3n) is 4.77. The van der Waals surface area contributed by atoms with Gasteiger partial charge in [-0.25, -0.2) is 4.39 Å². The summed E-state index contributed by atoms with van der Waals surface area (Å²) >= 11 is 11.4. The highest BCUT2D eigenvalue weighted by Gasteiger charge is 2.35. The van der Waals surface area contributed by atoms with E-state index in [1.807, 2.05) is 36.4 Å². The molecule has 1 heterocycles. The molecule has 0 aliphatic carbocycles. The van der Waals surface area contributed by atoms with Crippen LogP contribution in [0, 0.1) is 5.82 Å². The average molecular weight is 656 g/mol. The van der Waals surface area contributed by atoms with Crippen molar-refractivity contribution in [2.75, 3.05) is 0 Å². The van der Waals surface area contributed by atoms with Crippen molar-refractivity contribution < 1.29 is 18.7 Å². The minimum Gasteiger partial charge on any atom is -0.487 e. The lowest BCUT2D eigenvalue weighted by molar-refractivity contribution is -0.123. The van der Waals surface area contributed by atoms with Crippen LogP contribution in [0.25, 0.3) is 6.08 Å². The van der Waals surface area contributed by atoms with Gasteiger partial charge in [-0.2, -0.15) is 0 Å². The quantitative estimate of drug-likeness (QED) is 0.253. The molecule has 0 spiro atoms. The Morgan fingerprint density at radius 2 is 1.61 bits per heavy atom. The first-order valence-electron chi connectivity index (χ1n) is 9.67. The first kappa shape index (κ1) is 24.2. The maximum absolute atomic E-state index is 13.1. The number of amides is 2. The third-order valence-corrected chi connectivity index (χ3v) is 7.63. The second kappa shape index (κ2) is 10.5. The molecule has 3 aromatic carbocycles. The van der Waals surface area contributed by atoms with Gasteiger partial charge in [0.25, 0.3) is 11.1 Å². The molecule has 0 atom stereocenters. The Bertz CT molecular complexity index is 1240.